The highest BCUT2D eigenvalue weighted by Crippen LogP contribution is 2.13. The van der Waals surface area contributed by atoms with Crippen LogP contribution in [0.25, 0.3) is 0 Å². The van der Waals surface area contributed by atoms with Gasteiger partial charge in [-0.25, -0.2) is 17.5 Å². The zero-order valence-corrected chi connectivity index (χ0v) is 18.1. The quantitative estimate of drug-likeness (QED) is 0.286. The summed E-state index contributed by atoms with van der Waals surface area (Å²) < 4.78 is 46.3. The van der Waals surface area contributed by atoms with Crippen molar-refractivity contribution < 1.29 is 17.5 Å². The second-order valence-corrected chi connectivity index (χ2v) is 8.27. The van der Waals surface area contributed by atoms with Crippen molar-refractivity contribution in [3.63, 3.8) is 0 Å². The molecule has 0 saturated carbocycles. The van der Waals surface area contributed by atoms with Gasteiger partial charge < -0.3 is 15.4 Å². The lowest BCUT2D eigenvalue weighted by Gasteiger charge is -2.13. The Bertz CT molecular complexity index is 935. The molecule has 2 rings (SSSR count). The van der Waals surface area contributed by atoms with E-state index in [-0.39, 0.29) is 11.4 Å². The summed E-state index contributed by atoms with van der Waals surface area (Å²) in [5.41, 5.74) is 1.34. The SMILES string of the molecule is CCOCCCNC(=NC)NCc1cccc(S(=O)(=O)NCc2cccc(F)c2)c1. The number of nitrogens with one attached hydrogen (secondary N) is 3. The van der Waals surface area contributed by atoms with Crippen LogP contribution in [0.4, 0.5) is 4.39 Å². The summed E-state index contributed by atoms with van der Waals surface area (Å²) in [5.74, 6) is 0.226. The van der Waals surface area contributed by atoms with Crippen molar-refractivity contribution >= 4 is 16.0 Å². The fourth-order valence-electron chi connectivity index (χ4n) is 2.66. The van der Waals surface area contributed by atoms with Gasteiger partial charge in [-0.15, -0.1) is 0 Å². The second-order valence-electron chi connectivity index (χ2n) is 6.50. The van der Waals surface area contributed by atoms with E-state index in [0.717, 1.165) is 18.5 Å². The number of hydrogen-bond acceptors (Lipinski definition) is 4. The second kappa shape index (κ2) is 12.3. The Kier molecular flexibility index (Phi) is 9.72. The third-order valence-corrected chi connectivity index (χ3v) is 5.61. The van der Waals surface area contributed by atoms with Crippen molar-refractivity contribution in [3.05, 3.63) is 65.5 Å². The van der Waals surface area contributed by atoms with Crippen LogP contribution in [-0.2, 0) is 27.8 Å². The maximum absolute atomic E-state index is 13.3. The Balaban J connectivity index is 1.91. The number of halogens is 1. The molecule has 2 aromatic rings. The fourth-order valence-corrected chi connectivity index (χ4v) is 3.75. The molecule has 0 bridgehead atoms. The van der Waals surface area contributed by atoms with Gasteiger partial charge in [0.25, 0.3) is 0 Å². The van der Waals surface area contributed by atoms with Crippen LogP contribution in [0.15, 0.2) is 58.4 Å². The maximum atomic E-state index is 13.3. The minimum atomic E-state index is -3.72. The van der Waals surface area contributed by atoms with Gasteiger partial charge in [-0.1, -0.05) is 24.3 Å². The van der Waals surface area contributed by atoms with E-state index in [1.807, 2.05) is 13.0 Å². The monoisotopic (exact) mass is 436 g/mol. The van der Waals surface area contributed by atoms with E-state index in [4.69, 9.17) is 4.74 Å². The van der Waals surface area contributed by atoms with Crippen molar-refractivity contribution in [2.75, 3.05) is 26.8 Å². The zero-order valence-electron chi connectivity index (χ0n) is 17.3. The topological polar surface area (TPSA) is 91.8 Å². The molecular weight excluding hydrogens is 407 g/mol. The van der Waals surface area contributed by atoms with Gasteiger partial charge in [0, 0.05) is 39.9 Å². The van der Waals surface area contributed by atoms with Crippen molar-refractivity contribution in [2.45, 2.75) is 31.3 Å². The standard InChI is InChI=1S/C21H29FN4O3S/c1-3-29-12-6-11-24-21(23-2)25-15-18-8-5-10-20(14-18)30(27,28)26-16-17-7-4-9-19(22)13-17/h4-5,7-10,13-14,26H,3,6,11-12,15-16H2,1-2H3,(H2,23,24,25). The first-order chi connectivity index (χ1) is 14.4. The molecule has 30 heavy (non-hydrogen) atoms. The molecule has 2 aromatic carbocycles. The van der Waals surface area contributed by atoms with Crippen molar-refractivity contribution in [3.8, 4) is 0 Å². The van der Waals surface area contributed by atoms with Crippen molar-refractivity contribution in [1.29, 1.82) is 0 Å². The number of ether oxygens (including phenoxy) is 1. The summed E-state index contributed by atoms with van der Waals surface area (Å²) in [6, 6.07) is 12.5. The molecule has 0 atom stereocenters. The minimum absolute atomic E-state index is 0.0148. The summed E-state index contributed by atoms with van der Waals surface area (Å²) >= 11 is 0. The van der Waals surface area contributed by atoms with Gasteiger partial charge in [0.2, 0.25) is 10.0 Å². The van der Waals surface area contributed by atoms with E-state index in [1.54, 1.807) is 31.3 Å². The van der Waals surface area contributed by atoms with Gasteiger partial charge in [-0.3, -0.25) is 4.99 Å². The molecule has 0 aliphatic carbocycles. The van der Waals surface area contributed by atoms with E-state index >= 15 is 0 Å². The Hall–Kier alpha value is -2.49. The van der Waals surface area contributed by atoms with Gasteiger partial charge in [0.15, 0.2) is 5.96 Å². The Morgan fingerprint density at radius 1 is 1.07 bits per heavy atom. The molecule has 0 unspecified atom stereocenters. The first-order valence-electron chi connectivity index (χ1n) is 9.80. The molecule has 0 amide bonds. The molecule has 0 heterocycles. The van der Waals surface area contributed by atoms with Crippen LogP contribution >= 0.6 is 0 Å². The van der Waals surface area contributed by atoms with Gasteiger partial charge in [0.05, 0.1) is 4.90 Å². The molecule has 7 nitrogen and oxygen atoms in total. The number of benzene rings is 2. The first kappa shape index (κ1) is 23.8. The van der Waals surface area contributed by atoms with Crippen LogP contribution in [0.1, 0.15) is 24.5 Å². The summed E-state index contributed by atoms with van der Waals surface area (Å²) in [6.45, 7) is 4.49. The summed E-state index contributed by atoms with van der Waals surface area (Å²) in [7, 11) is -2.05. The van der Waals surface area contributed by atoms with Crippen molar-refractivity contribution in [1.82, 2.24) is 15.4 Å². The van der Waals surface area contributed by atoms with Crippen LogP contribution in [0.3, 0.4) is 0 Å². The number of hydrogen-bond donors (Lipinski definition) is 3. The van der Waals surface area contributed by atoms with Crippen LogP contribution in [0, 0.1) is 5.82 Å². The smallest absolute Gasteiger partial charge is 0.240 e. The van der Waals surface area contributed by atoms with E-state index in [1.165, 1.54) is 18.2 Å². The zero-order chi connectivity index (χ0) is 21.8. The number of guanidine groups is 1. The lowest BCUT2D eigenvalue weighted by molar-refractivity contribution is 0.145. The largest absolute Gasteiger partial charge is 0.382 e. The highest BCUT2D eigenvalue weighted by atomic mass is 32.2. The van der Waals surface area contributed by atoms with Crippen LogP contribution in [-0.4, -0.2) is 41.2 Å². The van der Waals surface area contributed by atoms with Crippen LogP contribution in [0.5, 0.6) is 0 Å². The van der Waals surface area contributed by atoms with Gasteiger partial charge in [-0.2, -0.15) is 0 Å². The molecular formula is C21H29FN4O3S. The third-order valence-electron chi connectivity index (χ3n) is 4.21. The molecule has 164 valence electrons. The van der Waals surface area contributed by atoms with Gasteiger partial charge in [0.1, 0.15) is 5.82 Å². The third kappa shape index (κ3) is 8.10. The average Bonchev–Trinajstić information content (AvgIpc) is 2.74. The lowest BCUT2D eigenvalue weighted by atomic mass is 10.2. The predicted molar refractivity (Wildman–Crippen MR) is 116 cm³/mol. The molecule has 0 aliphatic rings. The Morgan fingerprint density at radius 2 is 1.80 bits per heavy atom. The molecule has 0 spiro atoms. The molecule has 9 heteroatoms. The van der Waals surface area contributed by atoms with E-state index in [0.29, 0.717) is 31.3 Å². The first-order valence-corrected chi connectivity index (χ1v) is 11.3. The number of aliphatic imine (C=N–C) groups is 1. The molecule has 0 aromatic heterocycles. The highest BCUT2D eigenvalue weighted by molar-refractivity contribution is 7.89. The molecule has 0 fully saturated rings. The van der Waals surface area contributed by atoms with E-state index in [2.05, 4.69) is 20.3 Å². The van der Waals surface area contributed by atoms with Crippen LogP contribution in [0.2, 0.25) is 0 Å². The summed E-state index contributed by atoms with van der Waals surface area (Å²) in [6.07, 6.45) is 0.860. The maximum Gasteiger partial charge on any atom is 0.240 e. The number of nitrogens with zero attached hydrogens (tertiary/aromatic N) is 1. The Labute approximate surface area is 177 Å². The summed E-state index contributed by atoms with van der Waals surface area (Å²) in [4.78, 5) is 4.31. The van der Waals surface area contributed by atoms with Crippen molar-refractivity contribution in [2.24, 2.45) is 4.99 Å². The molecule has 0 saturated heterocycles. The average molecular weight is 437 g/mol. The fraction of sp³-hybridized carbons (Fsp3) is 0.381. The molecule has 0 aliphatic heterocycles. The minimum Gasteiger partial charge on any atom is -0.382 e. The normalized spacial score (nSPS) is 12.0. The number of rotatable bonds is 11. The highest BCUT2D eigenvalue weighted by Gasteiger charge is 2.14. The lowest BCUT2D eigenvalue weighted by Crippen LogP contribution is -2.37. The predicted octanol–water partition coefficient (Wildman–Crippen LogP) is 2.40. The summed E-state index contributed by atoms with van der Waals surface area (Å²) in [5, 5.41) is 6.34. The molecule has 0 radical (unpaired) electrons. The number of sulfonamides is 1. The van der Waals surface area contributed by atoms with Gasteiger partial charge in [-0.05, 0) is 48.7 Å². The van der Waals surface area contributed by atoms with E-state index in [9.17, 15) is 12.8 Å². The molecule has 3 N–H and O–H groups in total. The van der Waals surface area contributed by atoms with Crippen LogP contribution < -0.4 is 15.4 Å². The van der Waals surface area contributed by atoms with Gasteiger partial charge >= 0.3 is 0 Å². The van der Waals surface area contributed by atoms with E-state index < -0.39 is 15.8 Å². The Morgan fingerprint density at radius 3 is 2.50 bits per heavy atom.